The summed E-state index contributed by atoms with van der Waals surface area (Å²) in [6.45, 7) is 2.22. The Morgan fingerprint density at radius 3 is 2.87 bits per heavy atom. The topological polar surface area (TPSA) is 109 Å². The van der Waals surface area contributed by atoms with Crippen LogP contribution in [0, 0.1) is 24.7 Å². The highest BCUT2D eigenvalue weighted by molar-refractivity contribution is 6.44. The normalized spacial score (nSPS) is 16.0. The van der Waals surface area contributed by atoms with E-state index in [9.17, 15) is 14.4 Å². The molecule has 0 atom stereocenters. The molecule has 31 heavy (non-hydrogen) atoms. The lowest BCUT2D eigenvalue weighted by atomic mass is 9.93. The standard InChI is InChI=1S/C22H19N5O4/c1-3-22(8-9-22)12-16(28)19(29)17-13(2)18(26-11-5-7-15(17)26)21(30)31-27-20-14(24-25-27)6-4-10-23-20/h1,4,6,10H,5,7-9,11-12H2,2H3. The minimum Gasteiger partial charge on any atom is -0.338 e. The summed E-state index contributed by atoms with van der Waals surface area (Å²) in [7, 11) is 0. The Hall–Kier alpha value is -3.80. The minimum absolute atomic E-state index is 0.0444. The third-order valence-corrected chi connectivity index (χ3v) is 6.09. The SMILES string of the molecule is C#CC1(CC(=O)C(=O)c2c(C)c(C(=O)On3nnc4cccnc43)n3c2CCC3)CC1. The van der Waals surface area contributed by atoms with Crippen molar-refractivity contribution in [2.75, 3.05) is 0 Å². The molecule has 0 amide bonds. The minimum atomic E-state index is -0.688. The summed E-state index contributed by atoms with van der Waals surface area (Å²) in [5.74, 6) is 0.862. The first-order valence-corrected chi connectivity index (χ1v) is 10.1. The van der Waals surface area contributed by atoms with E-state index in [-0.39, 0.29) is 12.1 Å². The maximum absolute atomic E-state index is 13.1. The molecule has 0 radical (unpaired) electrons. The fraction of sp³-hybridized carbons (Fsp3) is 0.364. The van der Waals surface area contributed by atoms with E-state index in [4.69, 9.17) is 11.3 Å². The number of hydrogen-bond donors (Lipinski definition) is 0. The summed E-state index contributed by atoms with van der Waals surface area (Å²) < 4.78 is 1.76. The molecule has 0 bridgehead atoms. The quantitative estimate of drug-likeness (QED) is 0.260. The molecule has 0 aromatic carbocycles. The van der Waals surface area contributed by atoms with Crippen molar-refractivity contribution in [3.63, 3.8) is 0 Å². The number of rotatable bonds is 6. The zero-order valence-electron chi connectivity index (χ0n) is 16.9. The number of ketones is 2. The van der Waals surface area contributed by atoms with Crippen molar-refractivity contribution < 1.29 is 19.2 Å². The first kappa shape index (κ1) is 19.2. The highest BCUT2D eigenvalue weighted by Crippen LogP contribution is 2.48. The predicted octanol–water partition coefficient (Wildman–Crippen LogP) is 1.71. The lowest BCUT2D eigenvalue weighted by molar-refractivity contribution is -0.115. The second-order valence-corrected chi connectivity index (χ2v) is 8.09. The van der Waals surface area contributed by atoms with Crippen molar-refractivity contribution in [1.82, 2.24) is 24.7 Å². The van der Waals surface area contributed by atoms with Crippen LogP contribution in [0.2, 0.25) is 0 Å². The molecule has 9 heteroatoms. The molecule has 2 aliphatic rings. The summed E-state index contributed by atoms with van der Waals surface area (Å²) in [5.41, 5.74) is 1.96. The fourth-order valence-corrected chi connectivity index (χ4v) is 4.26. The van der Waals surface area contributed by atoms with Gasteiger partial charge < -0.3 is 9.40 Å². The van der Waals surface area contributed by atoms with Crippen molar-refractivity contribution in [2.24, 2.45) is 5.41 Å². The van der Waals surface area contributed by atoms with Crippen molar-refractivity contribution >= 4 is 28.7 Å². The van der Waals surface area contributed by atoms with Gasteiger partial charge in [0.15, 0.2) is 0 Å². The Balaban J connectivity index is 1.48. The molecule has 0 saturated heterocycles. The lowest BCUT2D eigenvalue weighted by Gasteiger charge is -2.07. The van der Waals surface area contributed by atoms with Gasteiger partial charge in [0.2, 0.25) is 17.2 Å². The molecule has 0 N–H and O–H groups in total. The fourth-order valence-electron chi connectivity index (χ4n) is 4.26. The number of Topliss-reactive ketones (excluding diaryl/α,β-unsaturated/α-hetero) is 2. The molecule has 1 fully saturated rings. The highest BCUT2D eigenvalue weighted by Gasteiger charge is 2.45. The van der Waals surface area contributed by atoms with Gasteiger partial charge in [0, 0.05) is 30.3 Å². The molecule has 0 unspecified atom stereocenters. The van der Waals surface area contributed by atoms with E-state index < -0.39 is 23.0 Å². The van der Waals surface area contributed by atoms with E-state index >= 15 is 0 Å². The van der Waals surface area contributed by atoms with Crippen LogP contribution in [0.15, 0.2) is 18.3 Å². The van der Waals surface area contributed by atoms with Gasteiger partial charge in [-0.15, -0.1) is 11.5 Å². The number of carbonyl (C=O) groups excluding carboxylic acids is 3. The summed E-state index contributed by atoms with van der Waals surface area (Å²) in [6, 6.07) is 3.40. The monoisotopic (exact) mass is 417 g/mol. The van der Waals surface area contributed by atoms with E-state index in [1.807, 2.05) is 0 Å². The molecular formula is C22H19N5O4. The highest BCUT2D eigenvalue weighted by atomic mass is 16.7. The second-order valence-electron chi connectivity index (χ2n) is 8.09. The van der Waals surface area contributed by atoms with E-state index in [2.05, 4.69) is 21.2 Å². The summed E-state index contributed by atoms with van der Waals surface area (Å²) >= 11 is 0. The average Bonchev–Trinajstić information content (AvgIpc) is 3.07. The molecule has 0 spiro atoms. The van der Waals surface area contributed by atoms with E-state index in [0.717, 1.165) is 24.1 Å². The molecule has 156 valence electrons. The molecule has 3 aromatic heterocycles. The van der Waals surface area contributed by atoms with Crippen LogP contribution in [0.3, 0.4) is 0 Å². The number of pyridine rings is 1. The second kappa shape index (κ2) is 6.87. The van der Waals surface area contributed by atoms with Crippen LogP contribution in [0.4, 0.5) is 0 Å². The van der Waals surface area contributed by atoms with Crippen LogP contribution >= 0.6 is 0 Å². The Bertz CT molecular complexity index is 1310. The van der Waals surface area contributed by atoms with Gasteiger partial charge in [-0.3, -0.25) is 9.59 Å². The van der Waals surface area contributed by atoms with Gasteiger partial charge in [0.05, 0.1) is 5.56 Å². The lowest BCUT2D eigenvalue weighted by Crippen LogP contribution is -2.24. The van der Waals surface area contributed by atoms with Crippen molar-refractivity contribution in [2.45, 2.75) is 45.6 Å². The average molecular weight is 417 g/mol. The Labute approximate surface area is 177 Å². The number of fused-ring (bicyclic) bond motifs is 2. The van der Waals surface area contributed by atoms with Crippen LogP contribution in [0.5, 0.6) is 0 Å². The van der Waals surface area contributed by atoms with E-state index in [1.54, 1.807) is 29.8 Å². The van der Waals surface area contributed by atoms with E-state index in [0.29, 0.717) is 41.0 Å². The van der Waals surface area contributed by atoms with Gasteiger partial charge in [0.25, 0.3) is 0 Å². The summed E-state index contributed by atoms with van der Waals surface area (Å²) in [5, 5.41) is 7.74. The Morgan fingerprint density at radius 1 is 1.32 bits per heavy atom. The molecule has 9 nitrogen and oxygen atoms in total. The van der Waals surface area contributed by atoms with Gasteiger partial charge >= 0.3 is 5.97 Å². The number of carbonyl (C=O) groups is 3. The third-order valence-electron chi connectivity index (χ3n) is 6.09. The van der Waals surface area contributed by atoms with Crippen LogP contribution in [0.25, 0.3) is 11.2 Å². The molecule has 1 saturated carbocycles. The van der Waals surface area contributed by atoms with Crippen LogP contribution in [-0.2, 0) is 17.8 Å². The molecule has 5 rings (SSSR count). The summed E-state index contributed by atoms with van der Waals surface area (Å²) in [4.78, 5) is 49.3. The maximum atomic E-state index is 13.1. The first-order chi connectivity index (χ1) is 14.9. The largest absolute Gasteiger partial charge is 0.382 e. The molecule has 1 aliphatic carbocycles. The number of terminal acetylenes is 1. The van der Waals surface area contributed by atoms with Gasteiger partial charge in [-0.2, -0.15) is 0 Å². The van der Waals surface area contributed by atoms with Gasteiger partial charge in [-0.25, -0.2) is 9.78 Å². The van der Waals surface area contributed by atoms with Crippen molar-refractivity contribution in [3.8, 4) is 12.3 Å². The number of nitrogens with zero attached hydrogens (tertiary/aromatic N) is 5. The smallest absolute Gasteiger partial charge is 0.338 e. The maximum Gasteiger partial charge on any atom is 0.382 e. The predicted molar refractivity (Wildman–Crippen MR) is 108 cm³/mol. The van der Waals surface area contributed by atoms with Crippen LogP contribution in [0.1, 0.15) is 57.8 Å². The number of aromatic nitrogens is 5. The van der Waals surface area contributed by atoms with Gasteiger partial charge in [0.1, 0.15) is 11.2 Å². The van der Waals surface area contributed by atoms with Crippen LogP contribution < -0.4 is 4.84 Å². The molecule has 4 heterocycles. The van der Waals surface area contributed by atoms with Crippen molar-refractivity contribution in [3.05, 3.63) is 40.8 Å². The molecule has 1 aliphatic heterocycles. The van der Waals surface area contributed by atoms with Gasteiger partial charge in [-0.1, -0.05) is 5.92 Å². The zero-order chi connectivity index (χ0) is 21.8. The van der Waals surface area contributed by atoms with Gasteiger partial charge in [-0.05, 0) is 60.4 Å². The Morgan fingerprint density at radius 2 is 2.13 bits per heavy atom. The number of hydrogen-bond acceptors (Lipinski definition) is 7. The van der Waals surface area contributed by atoms with E-state index in [1.165, 1.54) is 0 Å². The van der Waals surface area contributed by atoms with Crippen LogP contribution in [-0.4, -0.2) is 42.2 Å². The molecule has 3 aromatic rings. The first-order valence-electron chi connectivity index (χ1n) is 10.1. The van der Waals surface area contributed by atoms with Crippen molar-refractivity contribution in [1.29, 1.82) is 0 Å². The Kier molecular flexibility index (Phi) is 4.25. The summed E-state index contributed by atoms with van der Waals surface area (Å²) in [6.07, 6.45) is 10.0. The zero-order valence-corrected chi connectivity index (χ0v) is 16.9. The third kappa shape index (κ3) is 3.03. The molecular weight excluding hydrogens is 398 g/mol.